The Morgan fingerprint density at radius 2 is 2.20 bits per heavy atom. The number of hydrogen-bond acceptors (Lipinski definition) is 3. The predicted octanol–water partition coefficient (Wildman–Crippen LogP) is 2.56. The smallest absolute Gasteiger partial charge is 0.145 e. The maximum Gasteiger partial charge on any atom is 0.145 e. The fourth-order valence-corrected chi connectivity index (χ4v) is 1.54. The van der Waals surface area contributed by atoms with Gasteiger partial charge in [-0.05, 0) is 32.2 Å². The second-order valence-corrected chi connectivity index (χ2v) is 3.88. The summed E-state index contributed by atoms with van der Waals surface area (Å²) in [7, 11) is 1.89. The molecule has 1 aromatic carbocycles. The third-order valence-electron chi connectivity index (χ3n) is 2.38. The minimum atomic E-state index is 0.157. The quantitative estimate of drug-likeness (QED) is 0.847. The molecule has 3 nitrogen and oxygen atoms in total. The molecule has 0 saturated heterocycles. The van der Waals surface area contributed by atoms with E-state index in [2.05, 4.69) is 15.3 Å². The first kappa shape index (κ1) is 10.3. The normalized spacial score (nSPS) is 13.0. The Bertz CT molecular complexity index is 484. The van der Waals surface area contributed by atoms with Gasteiger partial charge in [-0.15, -0.1) is 0 Å². The minimum Gasteiger partial charge on any atom is -0.311 e. The van der Waals surface area contributed by atoms with E-state index in [1.807, 2.05) is 32.2 Å². The summed E-state index contributed by atoms with van der Waals surface area (Å²) in [6.45, 7) is 2.02. The van der Waals surface area contributed by atoms with Crippen LogP contribution < -0.4 is 5.32 Å². The lowest BCUT2D eigenvalue weighted by Gasteiger charge is -2.08. The molecular weight excluding hydrogens is 210 g/mol. The molecule has 1 atom stereocenters. The van der Waals surface area contributed by atoms with Gasteiger partial charge in [0.15, 0.2) is 0 Å². The summed E-state index contributed by atoms with van der Waals surface area (Å²) < 4.78 is 0. The van der Waals surface area contributed by atoms with E-state index in [9.17, 15) is 0 Å². The molecule has 0 saturated carbocycles. The summed E-state index contributed by atoms with van der Waals surface area (Å²) >= 11 is 5.88. The number of rotatable bonds is 2. The molecule has 0 spiro atoms. The van der Waals surface area contributed by atoms with Crippen molar-refractivity contribution in [2.24, 2.45) is 0 Å². The molecule has 4 heteroatoms. The van der Waals surface area contributed by atoms with Gasteiger partial charge in [0, 0.05) is 16.6 Å². The highest BCUT2D eigenvalue weighted by molar-refractivity contribution is 6.31. The first-order valence-corrected chi connectivity index (χ1v) is 5.18. The molecule has 2 rings (SSSR count). The van der Waals surface area contributed by atoms with Crippen LogP contribution in [0.5, 0.6) is 0 Å². The number of hydrogen-bond donors (Lipinski definition) is 1. The first-order valence-electron chi connectivity index (χ1n) is 4.80. The summed E-state index contributed by atoms with van der Waals surface area (Å²) in [6.07, 6.45) is 1.80. The van der Waals surface area contributed by atoms with Gasteiger partial charge >= 0.3 is 0 Å². The molecule has 1 N–H and O–H groups in total. The highest BCUT2D eigenvalue weighted by atomic mass is 35.5. The second-order valence-electron chi connectivity index (χ2n) is 3.44. The molecule has 0 aliphatic carbocycles. The van der Waals surface area contributed by atoms with Crippen LogP contribution in [-0.2, 0) is 0 Å². The Hall–Kier alpha value is -1.19. The van der Waals surface area contributed by atoms with Gasteiger partial charge in [0.05, 0.1) is 11.6 Å². The minimum absolute atomic E-state index is 0.157. The van der Waals surface area contributed by atoms with Crippen molar-refractivity contribution < 1.29 is 0 Å². The van der Waals surface area contributed by atoms with Gasteiger partial charge in [-0.3, -0.25) is 0 Å². The summed E-state index contributed by atoms with van der Waals surface area (Å²) in [5, 5.41) is 4.78. The van der Waals surface area contributed by atoms with Gasteiger partial charge in [0.25, 0.3) is 0 Å². The van der Waals surface area contributed by atoms with Crippen LogP contribution in [0.25, 0.3) is 10.9 Å². The molecule has 78 valence electrons. The highest BCUT2D eigenvalue weighted by Gasteiger charge is 2.06. The zero-order valence-corrected chi connectivity index (χ0v) is 9.42. The van der Waals surface area contributed by atoms with Crippen LogP contribution in [0, 0.1) is 0 Å². The number of fused-ring (bicyclic) bond motifs is 1. The molecule has 1 aromatic heterocycles. The molecule has 2 aromatic rings. The molecule has 0 amide bonds. The van der Waals surface area contributed by atoms with Crippen LogP contribution in [0.15, 0.2) is 24.4 Å². The van der Waals surface area contributed by atoms with Crippen LogP contribution >= 0.6 is 11.6 Å². The fourth-order valence-electron chi connectivity index (χ4n) is 1.36. The van der Waals surface area contributed by atoms with Crippen molar-refractivity contribution in [3.05, 3.63) is 35.2 Å². The molecular formula is C11H12ClN3. The number of halogens is 1. The maximum absolute atomic E-state index is 5.88. The molecule has 0 radical (unpaired) electrons. The van der Waals surface area contributed by atoms with E-state index in [0.717, 1.165) is 16.7 Å². The Morgan fingerprint density at radius 3 is 2.93 bits per heavy atom. The Morgan fingerprint density at radius 1 is 1.40 bits per heavy atom. The van der Waals surface area contributed by atoms with Crippen molar-refractivity contribution >= 4 is 22.5 Å². The van der Waals surface area contributed by atoms with Gasteiger partial charge in [-0.25, -0.2) is 9.97 Å². The lowest BCUT2D eigenvalue weighted by atomic mass is 10.2. The molecule has 15 heavy (non-hydrogen) atoms. The lowest BCUT2D eigenvalue weighted by Crippen LogP contribution is -2.15. The van der Waals surface area contributed by atoms with Crippen molar-refractivity contribution in [2.75, 3.05) is 7.05 Å². The SMILES string of the molecule is CNC(C)c1ncc2cc(Cl)ccc2n1. The average Bonchev–Trinajstić information content (AvgIpc) is 2.27. The van der Waals surface area contributed by atoms with Crippen molar-refractivity contribution in [2.45, 2.75) is 13.0 Å². The van der Waals surface area contributed by atoms with Crippen LogP contribution in [0.2, 0.25) is 5.02 Å². The molecule has 1 unspecified atom stereocenters. The van der Waals surface area contributed by atoms with Crippen LogP contribution in [0.1, 0.15) is 18.8 Å². The monoisotopic (exact) mass is 221 g/mol. The highest BCUT2D eigenvalue weighted by Crippen LogP contribution is 2.18. The fraction of sp³-hybridized carbons (Fsp3) is 0.273. The number of nitrogens with one attached hydrogen (secondary N) is 1. The molecule has 0 bridgehead atoms. The van der Waals surface area contributed by atoms with E-state index in [1.54, 1.807) is 6.20 Å². The average molecular weight is 222 g/mol. The summed E-state index contributed by atoms with van der Waals surface area (Å²) in [4.78, 5) is 8.74. The van der Waals surface area contributed by atoms with Crippen molar-refractivity contribution in [3.8, 4) is 0 Å². The molecule has 0 aliphatic rings. The summed E-state index contributed by atoms with van der Waals surface area (Å²) in [6, 6.07) is 5.77. The van der Waals surface area contributed by atoms with Crippen molar-refractivity contribution in [1.29, 1.82) is 0 Å². The van der Waals surface area contributed by atoms with Gasteiger partial charge in [0.1, 0.15) is 5.82 Å². The van der Waals surface area contributed by atoms with Crippen molar-refractivity contribution in [1.82, 2.24) is 15.3 Å². The van der Waals surface area contributed by atoms with E-state index >= 15 is 0 Å². The van der Waals surface area contributed by atoms with E-state index in [0.29, 0.717) is 5.02 Å². The summed E-state index contributed by atoms with van der Waals surface area (Å²) in [5.41, 5.74) is 0.923. The van der Waals surface area contributed by atoms with Crippen molar-refractivity contribution in [3.63, 3.8) is 0 Å². The van der Waals surface area contributed by atoms with Gasteiger partial charge in [-0.2, -0.15) is 0 Å². The maximum atomic E-state index is 5.88. The standard InChI is InChI=1S/C11H12ClN3/c1-7(13-2)11-14-6-8-5-9(12)3-4-10(8)15-11/h3-7,13H,1-2H3. The van der Waals surface area contributed by atoms with Crippen LogP contribution in [0.3, 0.4) is 0 Å². The van der Waals surface area contributed by atoms with Crippen LogP contribution in [-0.4, -0.2) is 17.0 Å². The van der Waals surface area contributed by atoms with E-state index in [-0.39, 0.29) is 6.04 Å². The van der Waals surface area contributed by atoms with Gasteiger partial charge in [-0.1, -0.05) is 11.6 Å². The topological polar surface area (TPSA) is 37.8 Å². The number of nitrogens with zero attached hydrogens (tertiary/aromatic N) is 2. The zero-order chi connectivity index (χ0) is 10.8. The zero-order valence-electron chi connectivity index (χ0n) is 8.66. The van der Waals surface area contributed by atoms with Gasteiger partial charge in [0.2, 0.25) is 0 Å². The van der Waals surface area contributed by atoms with E-state index < -0.39 is 0 Å². The Balaban J connectivity index is 2.52. The molecule has 0 fully saturated rings. The Labute approximate surface area is 93.5 Å². The third-order valence-corrected chi connectivity index (χ3v) is 2.62. The van der Waals surface area contributed by atoms with Crippen LogP contribution in [0.4, 0.5) is 0 Å². The van der Waals surface area contributed by atoms with E-state index in [1.165, 1.54) is 0 Å². The van der Waals surface area contributed by atoms with Gasteiger partial charge < -0.3 is 5.32 Å². The molecule has 0 aliphatic heterocycles. The summed E-state index contributed by atoms with van der Waals surface area (Å²) in [5.74, 6) is 0.798. The third kappa shape index (κ3) is 2.08. The predicted molar refractivity (Wildman–Crippen MR) is 62.0 cm³/mol. The number of benzene rings is 1. The second kappa shape index (κ2) is 4.13. The number of aromatic nitrogens is 2. The Kier molecular flexibility index (Phi) is 2.84. The van der Waals surface area contributed by atoms with E-state index in [4.69, 9.17) is 11.6 Å². The lowest BCUT2D eigenvalue weighted by molar-refractivity contribution is 0.613. The first-order chi connectivity index (χ1) is 7.20. The largest absolute Gasteiger partial charge is 0.311 e. The molecule has 1 heterocycles.